The Morgan fingerprint density at radius 1 is 1.35 bits per heavy atom. The molecule has 0 spiro atoms. The fourth-order valence-corrected chi connectivity index (χ4v) is 1.56. The van der Waals surface area contributed by atoms with Crippen molar-refractivity contribution in [3.8, 4) is 0 Å². The number of nitrogens with one attached hydrogen (secondary N) is 2. The van der Waals surface area contributed by atoms with Gasteiger partial charge in [-0.15, -0.1) is 0 Å². The van der Waals surface area contributed by atoms with E-state index in [9.17, 15) is 4.79 Å². The summed E-state index contributed by atoms with van der Waals surface area (Å²) in [4.78, 5) is 19.5. The Hall–Kier alpha value is -1.69. The van der Waals surface area contributed by atoms with E-state index >= 15 is 0 Å². The molecule has 6 nitrogen and oxygen atoms in total. The zero-order valence-corrected chi connectivity index (χ0v) is 12.6. The number of ether oxygens (including phenoxy) is 1. The highest BCUT2D eigenvalue weighted by Gasteiger charge is 2.16. The number of amides is 1. The Morgan fingerprint density at radius 3 is 2.55 bits per heavy atom. The second-order valence-corrected chi connectivity index (χ2v) is 5.62. The van der Waals surface area contributed by atoms with E-state index in [1.807, 2.05) is 20.8 Å². The number of carbonyl (C=O) groups excluding carboxylic acids is 1. The molecule has 0 bridgehead atoms. The van der Waals surface area contributed by atoms with Gasteiger partial charge in [-0.1, -0.05) is 6.92 Å². The van der Waals surface area contributed by atoms with Crippen LogP contribution >= 0.6 is 0 Å². The largest absolute Gasteiger partial charge is 0.444 e. The van der Waals surface area contributed by atoms with Crippen molar-refractivity contribution in [3.05, 3.63) is 24.3 Å². The summed E-state index contributed by atoms with van der Waals surface area (Å²) in [5, 5.41) is 6.13. The topological polar surface area (TPSA) is 76.1 Å². The molecular formula is C14H24N4O2. The molecule has 1 unspecified atom stereocenters. The van der Waals surface area contributed by atoms with Crippen LogP contribution in [0.15, 0.2) is 18.7 Å². The first-order chi connectivity index (χ1) is 9.40. The van der Waals surface area contributed by atoms with Gasteiger partial charge in [0.25, 0.3) is 0 Å². The molecule has 1 aromatic rings. The standard InChI is InChI=1S/C14H24N4O2/c1-5-12(9-18-13(19)20-14(2,3)4)17-8-11-6-15-10-16-7-11/h6-7,10,12,17H,5,8-9H2,1-4H3,(H,18,19). The van der Waals surface area contributed by atoms with Crippen LogP contribution in [0, 0.1) is 0 Å². The summed E-state index contributed by atoms with van der Waals surface area (Å²) in [6.45, 7) is 8.80. The SMILES string of the molecule is CCC(CNC(=O)OC(C)(C)C)NCc1cncnc1. The van der Waals surface area contributed by atoms with E-state index in [0.717, 1.165) is 12.0 Å². The van der Waals surface area contributed by atoms with E-state index in [-0.39, 0.29) is 12.1 Å². The first-order valence-electron chi connectivity index (χ1n) is 6.85. The Bertz CT molecular complexity index is 403. The minimum absolute atomic E-state index is 0.183. The molecule has 0 aliphatic rings. The normalized spacial score (nSPS) is 12.8. The molecule has 1 amide bonds. The lowest BCUT2D eigenvalue weighted by molar-refractivity contribution is 0.0522. The van der Waals surface area contributed by atoms with Crippen molar-refractivity contribution in [2.45, 2.75) is 52.3 Å². The maximum absolute atomic E-state index is 11.6. The fourth-order valence-electron chi connectivity index (χ4n) is 1.56. The maximum atomic E-state index is 11.6. The van der Waals surface area contributed by atoms with Crippen LogP contribution in [-0.2, 0) is 11.3 Å². The molecule has 0 aromatic carbocycles. The molecule has 1 aromatic heterocycles. The number of alkyl carbamates (subject to hydrolysis) is 1. The molecule has 0 aliphatic heterocycles. The van der Waals surface area contributed by atoms with Gasteiger partial charge in [-0.25, -0.2) is 14.8 Å². The van der Waals surface area contributed by atoms with Gasteiger partial charge in [0.15, 0.2) is 0 Å². The van der Waals surface area contributed by atoms with Gasteiger partial charge in [0.05, 0.1) is 0 Å². The van der Waals surface area contributed by atoms with Crippen LogP contribution in [-0.4, -0.2) is 34.2 Å². The van der Waals surface area contributed by atoms with Crippen molar-refractivity contribution in [2.24, 2.45) is 0 Å². The summed E-state index contributed by atoms with van der Waals surface area (Å²) in [6.07, 6.45) is 5.57. The Kier molecular flexibility index (Phi) is 6.38. The molecule has 112 valence electrons. The van der Waals surface area contributed by atoms with E-state index in [1.165, 1.54) is 6.33 Å². The van der Waals surface area contributed by atoms with Gasteiger partial charge >= 0.3 is 6.09 Å². The van der Waals surface area contributed by atoms with Crippen molar-refractivity contribution in [1.29, 1.82) is 0 Å². The van der Waals surface area contributed by atoms with Gasteiger partial charge in [0.1, 0.15) is 11.9 Å². The minimum Gasteiger partial charge on any atom is -0.444 e. The van der Waals surface area contributed by atoms with Gasteiger partial charge in [-0.05, 0) is 27.2 Å². The molecule has 0 saturated carbocycles. The third kappa shape index (κ3) is 7.04. The van der Waals surface area contributed by atoms with Crippen molar-refractivity contribution >= 4 is 6.09 Å². The van der Waals surface area contributed by atoms with Crippen molar-refractivity contribution in [1.82, 2.24) is 20.6 Å². The van der Waals surface area contributed by atoms with Gasteiger partial charge in [-0.3, -0.25) is 0 Å². The Labute approximate surface area is 120 Å². The number of rotatable bonds is 6. The average Bonchev–Trinajstić information content (AvgIpc) is 2.38. The molecule has 20 heavy (non-hydrogen) atoms. The van der Waals surface area contributed by atoms with Crippen LogP contribution in [0.2, 0.25) is 0 Å². The van der Waals surface area contributed by atoms with Gasteiger partial charge < -0.3 is 15.4 Å². The summed E-state index contributed by atoms with van der Waals surface area (Å²) in [6, 6.07) is 0.183. The van der Waals surface area contributed by atoms with E-state index in [1.54, 1.807) is 12.4 Å². The smallest absolute Gasteiger partial charge is 0.407 e. The second kappa shape index (κ2) is 7.79. The highest BCUT2D eigenvalue weighted by atomic mass is 16.6. The number of hydrogen-bond acceptors (Lipinski definition) is 5. The Balaban J connectivity index is 2.31. The van der Waals surface area contributed by atoms with Crippen LogP contribution in [0.4, 0.5) is 4.79 Å². The Morgan fingerprint density at radius 2 is 2.00 bits per heavy atom. The first-order valence-corrected chi connectivity index (χ1v) is 6.85. The van der Waals surface area contributed by atoms with Crippen LogP contribution in [0.3, 0.4) is 0 Å². The highest BCUT2D eigenvalue weighted by Crippen LogP contribution is 2.06. The third-order valence-corrected chi connectivity index (χ3v) is 2.59. The quantitative estimate of drug-likeness (QED) is 0.832. The fraction of sp³-hybridized carbons (Fsp3) is 0.643. The predicted octanol–water partition coefficient (Wildman–Crippen LogP) is 1.87. The molecule has 6 heteroatoms. The number of nitrogens with zero attached hydrogens (tertiary/aromatic N) is 2. The summed E-state index contributed by atoms with van der Waals surface area (Å²) in [7, 11) is 0. The molecule has 0 aliphatic carbocycles. The summed E-state index contributed by atoms with van der Waals surface area (Å²) in [5.74, 6) is 0. The molecule has 1 atom stereocenters. The van der Waals surface area contributed by atoms with Crippen LogP contribution < -0.4 is 10.6 Å². The number of carbonyl (C=O) groups is 1. The lowest BCUT2D eigenvalue weighted by Crippen LogP contribution is -2.42. The molecule has 0 saturated heterocycles. The van der Waals surface area contributed by atoms with Gasteiger partial charge in [0, 0.05) is 37.1 Å². The molecule has 1 rings (SSSR count). The molecule has 0 fully saturated rings. The lowest BCUT2D eigenvalue weighted by Gasteiger charge is -2.22. The predicted molar refractivity (Wildman–Crippen MR) is 77.2 cm³/mol. The van der Waals surface area contributed by atoms with Gasteiger partial charge in [-0.2, -0.15) is 0 Å². The molecular weight excluding hydrogens is 256 g/mol. The monoisotopic (exact) mass is 280 g/mol. The van der Waals surface area contributed by atoms with E-state index in [2.05, 4.69) is 27.5 Å². The zero-order chi connectivity index (χ0) is 15.0. The summed E-state index contributed by atoms with van der Waals surface area (Å²) < 4.78 is 5.20. The summed E-state index contributed by atoms with van der Waals surface area (Å²) >= 11 is 0. The third-order valence-electron chi connectivity index (χ3n) is 2.59. The maximum Gasteiger partial charge on any atom is 0.407 e. The van der Waals surface area contributed by atoms with Crippen LogP contribution in [0.5, 0.6) is 0 Å². The van der Waals surface area contributed by atoms with Gasteiger partial charge in [0.2, 0.25) is 0 Å². The van der Waals surface area contributed by atoms with E-state index in [0.29, 0.717) is 13.1 Å². The molecule has 0 radical (unpaired) electrons. The molecule has 2 N–H and O–H groups in total. The van der Waals surface area contributed by atoms with Crippen molar-refractivity contribution in [2.75, 3.05) is 6.54 Å². The summed E-state index contributed by atoms with van der Waals surface area (Å²) in [5.41, 5.74) is 0.545. The zero-order valence-electron chi connectivity index (χ0n) is 12.6. The number of hydrogen-bond donors (Lipinski definition) is 2. The van der Waals surface area contributed by atoms with Crippen LogP contribution in [0.25, 0.3) is 0 Å². The highest BCUT2D eigenvalue weighted by molar-refractivity contribution is 5.67. The molecule has 1 heterocycles. The average molecular weight is 280 g/mol. The van der Waals surface area contributed by atoms with Crippen molar-refractivity contribution in [3.63, 3.8) is 0 Å². The second-order valence-electron chi connectivity index (χ2n) is 5.62. The number of aromatic nitrogens is 2. The first kappa shape index (κ1) is 16.4. The minimum atomic E-state index is -0.472. The van der Waals surface area contributed by atoms with Crippen molar-refractivity contribution < 1.29 is 9.53 Å². The lowest BCUT2D eigenvalue weighted by atomic mass is 10.2. The van der Waals surface area contributed by atoms with E-state index in [4.69, 9.17) is 4.74 Å². The van der Waals surface area contributed by atoms with Crippen LogP contribution in [0.1, 0.15) is 39.7 Å². The van der Waals surface area contributed by atoms with E-state index < -0.39 is 5.60 Å².